The summed E-state index contributed by atoms with van der Waals surface area (Å²) in [5.41, 5.74) is -1.08. The zero-order valence-electron chi connectivity index (χ0n) is 17.4. The number of hydrogen-bond acceptors (Lipinski definition) is 2. The molecule has 164 valence electrons. The predicted molar refractivity (Wildman–Crippen MR) is 104 cm³/mol. The summed E-state index contributed by atoms with van der Waals surface area (Å²) in [6.07, 6.45) is 5.91. The molecule has 0 aromatic heterocycles. The third kappa shape index (κ3) is 5.25. The molecule has 0 saturated heterocycles. The van der Waals surface area contributed by atoms with Crippen LogP contribution in [0.2, 0.25) is 0 Å². The van der Waals surface area contributed by atoms with E-state index in [1.54, 1.807) is 0 Å². The molecule has 1 aromatic rings. The maximum absolute atomic E-state index is 14.5. The van der Waals surface area contributed by atoms with Crippen molar-refractivity contribution >= 4 is 0 Å². The highest BCUT2D eigenvalue weighted by Gasteiger charge is 2.41. The first kappa shape index (κ1) is 22.4. The van der Waals surface area contributed by atoms with Gasteiger partial charge in [0.1, 0.15) is 0 Å². The quantitative estimate of drug-likeness (QED) is 0.437. The minimum Gasteiger partial charge on any atom is -0.494 e. The van der Waals surface area contributed by atoms with Gasteiger partial charge < -0.3 is 9.47 Å². The van der Waals surface area contributed by atoms with E-state index in [4.69, 9.17) is 4.74 Å². The van der Waals surface area contributed by atoms with Crippen molar-refractivity contribution in [2.45, 2.75) is 83.3 Å². The molecule has 2 nitrogen and oxygen atoms in total. The van der Waals surface area contributed by atoms with E-state index in [1.165, 1.54) is 38.5 Å². The smallest absolute Gasteiger partial charge is 0.386 e. The molecule has 0 radical (unpaired) electrons. The van der Waals surface area contributed by atoms with E-state index in [1.807, 2.05) is 0 Å². The lowest BCUT2D eigenvalue weighted by Crippen LogP contribution is -2.33. The topological polar surface area (TPSA) is 18.5 Å². The number of hydrogen-bond donors (Lipinski definition) is 0. The van der Waals surface area contributed by atoms with Crippen LogP contribution < -0.4 is 4.74 Å². The zero-order valence-corrected chi connectivity index (χ0v) is 17.4. The van der Waals surface area contributed by atoms with Gasteiger partial charge in [-0.05, 0) is 68.4 Å². The van der Waals surface area contributed by atoms with Crippen LogP contribution >= 0.6 is 0 Å². The van der Waals surface area contributed by atoms with Crippen molar-refractivity contribution in [2.24, 2.45) is 17.8 Å². The monoisotopic (exact) mass is 416 g/mol. The Morgan fingerprint density at radius 3 is 2.03 bits per heavy atom. The lowest BCUT2D eigenvalue weighted by Gasteiger charge is -2.38. The maximum atomic E-state index is 14.5. The van der Waals surface area contributed by atoms with Crippen molar-refractivity contribution in [3.63, 3.8) is 0 Å². The first-order valence-electron chi connectivity index (χ1n) is 10.9. The molecule has 2 aliphatic carbocycles. The van der Waals surface area contributed by atoms with E-state index < -0.39 is 35.2 Å². The van der Waals surface area contributed by atoms with Gasteiger partial charge in [0.15, 0.2) is 11.6 Å². The first-order valence-corrected chi connectivity index (χ1v) is 10.9. The molecule has 0 amide bonds. The Morgan fingerprint density at radius 1 is 0.897 bits per heavy atom. The van der Waals surface area contributed by atoms with Crippen molar-refractivity contribution in [3.8, 4) is 5.75 Å². The van der Waals surface area contributed by atoms with E-state index in [-0.39, 0.29) is 0 Å². The Balaban J connectivity index is 1.53. The van der Waals surface area contributed by atoms with Gasteiger partial charge in [0.05, 0.1) is 18.8 Å². The summed E-state index contributed by atoms with van der Waals surface area (Å²) in [6, 6.07) is 1.83. The SMILES string of the molecule is CCCC1CCC(C2CCC(OC(F)(F)c3ccc(OC)c(F)c3F)CC2)CC1. The highest BCUT2D eigenvalue weighted by atomic mass is 19.3. The summed E-state index contributed by atoms with van der Waals surface area (Å²) in [5.74, 6) is -1.33. The number of benzene rings is 1. The van der Waals surface area contributed by atoms with Crippen LogP contribution in [0.25, 0.3) is 0 Å². The standard InChI is InChI=1S/C23H32F4O2/c1-3-4-15-5-7-16(8-6-15)17-9-11-18(12-10-17)29-23(26,27)19-13-14-20(28-2)22(25)21(19)24/h13-18H,3-12H2,1-2H3. The number of ether oxygens (including phenoxy) is 2. The average molecular weight is 416 g/mol. The van der Waals surface area contributed by atoms with E-state index in [0.717, 1.165) is 38.0 Å². The third-order valence-corrected chi connectivity index (χ3v) is 6.87. The molecular formula is C23H32F4O2. The normalized spacial score (nSPS) is 28.3. The minimum absolute atomic E-state index is 0.406. The number of alkyl halides is 2. The molecule has 2 aliphatic rings. The second-order valence-corrected chi connectivity index (χ2v) is 8.68. The van der Waals surface area contributed by atoms with Crippen LogP contribution in [-0.2, 0) is 10.8 Å². The van der Waals surface area contributed by atoms with Gasteiger partial charge in [0.2, 0.25) is 5.82 Å². The lowest BCUT2D eigenvalue weighted by atomic mass is 9.70. The van der Waals surface area contributed by atoms with Crippen LogP contribution in [0.5, 0.6) is 5.75 Å². The largest absolute Gasteiger partial charge is 0.494 e. The molecule has 0 heterocycles. The number of methoxy groups -OCH3 is 1. The molecule has 0 bridgehead atoms. The Hall–Kier alpha value is -1.30. The van der Waals surface area contributed by atoms with Gasteiger partial charge in [-0.15, -0.1) is 0 Å². The summed E-state index contributed by atoms with van der Waals surface area (Å²) < 4.78 is 66.5. The van der Waals surface area contributed by atoms with E-state index >= 15 is 0 Å². The van der Waals surface area contributed by atoms with Gasteiger partial charge in [-0.2, -0.15) is 13.2 Å². The fourth-order valence-corrected chi connectivity index (χ4v) is 5.22. The van der Waals surface area contributed by atoms with E-state index in [9.17, 15) is 17.6 Å². The summed E-state index contributed by atoms with van der Waals surface area (Å²) in [6.45, 7) is 2.23. The molecular weight excluding hydrogens is 384 g/mol. The van der Waals surface area contributed by atoms with Crippen molar-refractivity contribution in [3.05, 3.63) is 29.3 Å². The van der Waals surface area contributed by atoms with E-state index in [2.05, 4.69) is 11.7 Å². The van der Waals surface area contributed by atoms with Crippen LogP contribution in [0.4, 0.5) is 17.6 Å². The Bertz CT molecular complexity index is 663. The summed E-state index contributed by atoms with van der Waals surface area (Å²) in [7, 11) is 1.15. The first-order chi connectivity index (χ1) is 13.9. The molecule has 0 unspecified atom stereocenters. The number of halogens is 4. The predicted octanol–water partition coefficient (Wildman–Crippen LogP) is 7.20. The average Bonchev–Trinajstić information content (AvgIpc) is 2.71. The van der Waals surface area contributed by atoms with Crippen LogP contribution in [0.1, 0.15) is 76.7 Å². The molecule has 2 fully saturated rings. The maximum Gasteiger partial charge on any atom is 0.386 e. The van der Waals surface area contributed by atoms with Gasteiger partial charge in [-0.1, -0.05) is 32.6 Å². The molecule has 0 aliphatic heterocycles. The van der Waals surface area contributed by atoms with Crippen molar-refractivity contribution < 1.29 is 27.0 Å². The van der Waals surface area contributed by atoms with Crippen LogP contribution in [0.15, 0.2) is 12.1 Å². The van der Waals surface area contributed by atoms with Gasteiger partial charge >= 0.3 is 6.11 Å². The second-order valence-electron chi connectivity index (χ2n) is 8.68. The molecule has 0 N–H and O–H groups in total. The minimum atomic E-state index is -3.87. The molecule has 3 rings (SSSR count). The molecule has 6 heteroatoms. The molecule has 29 heavy (non-hydrogen) atoms. The van der Waals surface area contributed by atoms with Crippen LogP contribution in [0.3, 0.4) is 0 Å². The molecule has 1 aromatic carbocycles. The second kappa shape index (κ2) is 9.67. The summed E-state index contributed by atoms with van der Waals surface area (Å²) in [4.78, 5) is 0. The van der Waals surface area contributed by atoms with Crippen LogP contribution in [0, 0.1) is 29.4 Å². The van der Waals surface area contributed by atoms with Crippen molar-refractivity contribution in [1.82, 2.24) is 0 Å². The molecule has 0 atom stereocenters. The molecule has 0 spiro atoms. The van der Waals surface area contributed by atoms with Gasteiger partial charge in [-0.25, -0.2) is 4.39 Å². The number of rotatable bonds is 7. The fourth-order valence-electron chi connectivity index (χ4n) is 5.22. The van der Waals surface area contributed by atoms with Crippen LogP contribution in [-0.4, -0.2) is 13.2 Å². The third-order valence-electron chi connectivity index (χ3n) is 6.87. The highest BCUT2D eigenvalue weighted by Crippen LogP contribution is 2.43. The Labute approximate surface area is 171 Å². The lowest BCUT2D eigenvalue weighted by molar-refractivity contribution is -0.280. The van der Waals surface area contributed by atoms with Gasteiger partial charge in [0, 0.05) is 0 Å². The van der Waals surface area contributed by atoms with Crippen molar-refractivity contribution in [1.29, 1.82) is 0 Å². The zero-order chi connectivity index (χ0) is 21.0. The summed E-state index contributed by atoms with van der Waals surface area (Å²) in [5, 5.41) is 0. The fraction of sp³-hybridized carbons (Fsp3) is 0.739. The summed E-state index contributed by atoms with van der Waals surface area (Å²) >= 11 is 0. The van der Waals surface area contributed by atoms with Crippen molar-refractivity contribution in [2.75, 3.05) is 7.11 Å². The van der Waals surface area contributed by atoms with Gasteiger partial charge in [0.25, 0.3) is 0 Å². The molecule has 2 saturated carbocycles. The highest BCUT2D eigenvalue weighted by molar-refractivity contribution is 5.32. The Kier molecular flexibility index (Phi) is 7.47. The van der Waals surface area contributed by atoms with E-state index in [0.29, 0.717) is 24.7 Å². The Morgan fingerprint density at radius 2 is 1.48 bits per heavy atom. The van der Waals surface area contributed by atoms with Gasteiger partial charge in [-0.3, -0.25) is 0 Å².